The van der Waals surface area contributed by atoms with Crippen molar-refractivity contribution in [2.24, 2.45) is 0 Å². The second-order valence-electron chi connectivity index (χ2n) is 3.28. The number of aliphatic hydroxyl groups is 1. The number of carbonyl (C=O) groups excluding carboxylic acids is 1. The zero-order chi connectivity index (χ0) is 12.0. The van der Waals surface area contributed by atoms with Crippen molar-refractivity contribution in [3.05, 3.63) is 36.4 Å². The zero-order valence-electron chi connectivity index (χ0n) is 8.85. The number of hydrogen-bond donors (Lipinski definition) is 2. The molecule has 2 N–H and O–H groups in total. The summed E-state index contributed by atoms with van der Waals surface area (Å²) in [4.78, 5) is 10.8. The Bertz CT molecular complexity index is 385. The SMILES string of the molecule is C=CCc1ccc(O)c(OCC(=O)CO)c1. The fourth-order valence-corrected chi connectivity index (χ4v) is 1.17. The summed E-state index contributed by atoms with van der Waals surface area (Å²) in [6.07, 6.45) is 2.39. The first-order valence-electron chi connectivity index (χ1n) is 4.85. The van der Waals surface area contributed by atoms with Crippen molar-refractivity contribution in [3.63, 3.8) is 0 Å². The van der Waals surface area contributed by atoms with Gasteiger partial charge in [-0.3, -0.25) is 4.79 Å². The predicted octanol–water partition coefficient (Wildman–Crippen LogP) is 1.06. The van der Waals surface area contributed by atoms with Crippen molar-refractivity contribution in [1.29, 1.82) is 0 Å². The summed E-state index contributed by atoms with van der Waals surface area (Å²) in [5.74, 6) is -0.228. The van der Waals surface area contributed by atoms with Gasteiger partial charge in [0.1, 0.15) is 13.2 Å². The number of ketones is 1. The maximum atomic E-state index is 10.8. The molecule has 86 valence electrons. The number of phenols is 1. The van der Waals surface area contributed by atoms with Crippen molar-refractivity contribution in [2.75, 3.05) is 13.2 Å². The summed E-state index contributed by atoms with van der Waals surface area (Å²) in [5.41, 5.74) is 0.930. The molecule has 1 aromatic rings. The summed E-state index contributed by atoms with van der Waals surface area (Å²) in [7, 11) is 0. The summed E-state index contributed by atoms with van der Waals surface area (Å²) < 4.78 is 5.08. The molecule has 0 saturated heterocycles. The molecule has 0 aliphatic rings. The molecule has 4 heteroatoms. The number of benzene rings is 1. The van der Waals surface area contributed by atoms with E-state index in [-0.39, 0.29) is 18.1 Å². The number of aliphatic hydroxyl groups excluding tert-OH is 1. The average molecular weight is 222 g/mol. The Kier molecular flexibility index (Phi) is 4.54. The number of phenolic OH excluding ortho intramolecular Hbond substituents is 1. The number of aromatic hydroxyl groups is 1. The Labute approximate surface area is 93.8 Å². The van der Waals surface area contributed by atoms with Gasteiger partial charge in [-0.2, -0.15) is 0 Å². The maximum Gasteiger partial charge on any atom is 0.195 e. The molecule has 4 nitrogen and oxygen atoms in total. The molecule has 0 aromatic heterocycles. The van der Waals surface area contributed by atoms with E-state index in [4.69, 9.17) is 9.84 Å². The Balaban J connectivity index is 2.73. The first-order valence-corrected chi connectivity index (χ1v) is 4.85. The standard InChI is InChI=1S/C12H14O4/c1-2-3-9-4-5-11(15)12(6-9)16-8-10(14)7-13/h2,4-6,13,15H,1,3,7-8H2. The molecule has 0 heterocycles. The molecule has 0 aliphatic heterocycles. The molecule has 16 heavy (non-hydrogen) atoms. The van der Waals surface area contributed by atoms with Gasteiger partial charge in [0.2, 0.25) is 0 Å². The van der Waals surface area contributed by atoms with Gasteiger partial charge in [0.15, 0.2) is 17.3 Å². The second kappa shape index (κ2) is 5.92. The van der Waals surface area contributed by atoms with Gasteiger partial charge in [-0.15, -0.1) is 6.58 Å². The first-order chi connectivity index (χ1) is 7.67. The van der Waals surface area contributed by atoms with Gasteiger partial charge in [-0.25, -0.2) is 0 Å². The van der Waals surface area contributed by atoms with Gasteiger partial charge in [0, 0.05) is 0 Å². The third kappa shape index (κ3) is 3.40. The molecular formula is C12H14O4. The second-order valence-corrected chi connectivity index (χ2v) is 3.28. The van der Waals surface area contributed by atoms with Crippen LogP contribution in [0.3, 0.4) is 0 Å². The smallest absolute Gasteiger partial charge is 0.195 e. The van der Waals surface area contributed by atoms with Crippen LogP contribution in [0.1, 0.15) is 5.56 Å². The molecule has 0 spiro atoms. The fraction of sp³-hybridized carbons (Fsp3) is 0.250. The normalized spacial score (nSPS) is 9.81. The number of allylic oxidation sites excluding steroid dienone is 1. The van der Waals surface area contributed by atoms with E-state index in [0.29, 0.717) is 6.42 Å². The van der Waals surface area contributed by atoms with Crippen LogP contribution in [-0.4, -0.2) is 29.2 Å². The zero-order valence-corrected chi connectivity index (χ0v) is 8.85. The number of ether oxygens (including phenoxy) is 1. The van der Waals surface area contributed by atoms with Crippen molar-refractivity contribution in [2.45, 2.75) is 6.42 Å². The lowest BCUT2D eigenvalue weighted by atomic mass is 10.1. The van der Waals surface area contributed by atoms with Crippen LogP contribution in [0.25, 0.3) is 0 Å². The minimum Gasteiger partial charge on any atom is -0.504 e. The van der Waals surface area contributed by atoms with Crippen LogP contribution in [0.2, 0.25) is 0 Å². The molecule has 0 radical (unpaired) electrons. The highest BCUT2D eigenvalue weighted by Crippen LogP contribution is 2.27. The van der Waals surface area contributed by atoms with Gasteiger partial charge < -0.3 is 14.9 Å². The molecule has 0 unspecified atom stereocenters. The lowest BCUT2D eigenvalue weighted by molar-refractivity contribution is -0.123. The maximum absolute atomic E-state index is 10.8. The number of hydrogen-bond acceptors (Lipinski definition) is 4. The Morgan fingerprint density at radius 1 is 1.50 bits per heavy atom. The first kappa shape index (κ1) is 12.3. The number of Topliss-reactive ketones (excluding diaryl/α,β-unsaturated/α-hetero) is 1. The highest BCUT2D eigenvalue weighted by Gasteiger charge is 2.06. The van der Waals surface area contributed by atoms with E-state index in [2.05, 4.69) is 6.58 Å². The Morgan fingerprint density at radius 2 is 2.25 bits per heavy atom. The van der Waals surface area contributed by atoms with Gasteiger partial charge in [-0.1, -0.05) is 12.1 Å². The van der Waals surface area contributed by atoms with Gasteiger partial charge in [0.05, 0.1) is 0 Å². The van der Waals surface area contributed by atoms with Crippen molar-refractivity contribution < 1.29 is 19.7 Å². The summed E-state index contributed by atoms with van der Waals surface area (Å²) in [5, 5.41) is 18.0. The van der Waals surface area contributed by atoms with Crippen LogP contribution < -0.4 is 4.74 Å². The van der Waals surface area contributed by atoms with Crippen LogP contribution in [-0.2, 0) is 11.2 Å². The lowest BCUT2D eigenvalue weighted by Gasteiger charge is -2.08. The molecule has 1 aromatic carbocycles. The molecule has 0 fully saturated rings. The van der Waals surface area contributed by atoms with Gasteiger partial charge in [0.25, 0.3) is 0 Å². The molecule has 0 aliphatic carbocycles. The van der Waals surface area contributed by atoms with E-state index < -0.39 is 12.4 Å². The monoisotopic (exact) mass is 222 g/mol. The molecule has 1 rings (SSSR count). The summed E-state index contributed by atoms with van der Waals surface area (Å²) in [6, 6.07) is 4.89. The minimum atomic E-state index is -0.562. The number of carbonyl (C=O) groups is 1. The topological polar surface area (TPSA) is 66.8 Å². The average Bonchev–Trinajstić information content (AvgIpc) is 2.29. The highest BCUT2D eigenvalue weighted by atomic mass is 16.5. The number of rotatable bonds is 6. The van der Waals surface area contributed by atoms with Crippen LogP contribution in [0.4, 0.5) is 0 Å². The minimum absolute atomic E-state index is 0.0291. The van der Waals surface area contributed by atoms with Crippen molar-refractivity contribution in [1.82, 2.24) is 0 Å². The van der Waals surface area contributed by atoms with Crippen molar-refractivity contribution in [3.8, 4) is 11.5 Å². The Hall–Kier alpha value is -1.81. The van der Waals surface area contributed by atoms with E-state index in [1.165, 1.54) is 6.07 Å². The van der Waals surface area contributed by atoms with Crippen LogP contribution in [0.5, 0.6) is 11.5 Å². The summed E-state index contributed by atoms with van der Waals surface area (Å²) >= 11 is 0. The molecule has 0 bridgehead atoms. The third-order valence-corrected chi connectivity index (χ3v) is 1.97. The fourth-order valence-electron chi connectivity index (χ4n) is 1.17. The van der Waals surface area contributed by atoms with E-state index in [1.807, 2.05) is 0 Å². The largest absolute Gasteiger partial charge is 0.504 e. The van der Waals surface area contributed by atoms with Gasteiger partial charge >= 0.3 is 0 Å². The molecule has 0 amide bonds. The lowest BCUT2D eigenvalue weighted by Crippen LogP contribution is -2.14. The van der Waals surface area contributed by atoms with E-state index in [0.717, 1.165) is 5.56 Å². The van der Waals surface area contributed by atoms with Crippen molar-refractivity contribution >= 4 is 5.78 Å². The van der Waals surface area contributed by atoms with Gasteiger partial charge in [-0.05, 0) is 24.1 Å². The summed E-state index contributed by atoms with van der Waals surface area (Å²) in [6.45, 7) is 2.79. The molecule has 0 atom stereocenters. The highest BCUT2D eigenvalue weighted by molar-refractivity contribution is 5.80. The van der Waals surface area contributed by atoms with Crippen LogP contribution in [0.15, 0.2) is 30.9 Å². The predicted molar refractivity (Wildman–Crippen MR) is 59.6 cm³/mol. The third-order valence-electron chi connectivity index (χ3n) is 1.97. The Morgan fingerprint density at radius 3 is 2.88 bits per heavy atom. The van der Waals surface area contributed by atoms with E-state index in [1.54, 1.807) is 18.2 Å². The molecule has 0 saturated carbocycles. The van der Waals surface area contributed by atoms with E-state index >= 15 is 0 Å². The molecular weight excluding hydrogens is 208 g/mol. The van der Waals surface area contributed by atoms with Crippen LogP contribution in [0, 0.1) is 0 Å². The van der Waals surface area contributed by atoms with Crippen LogP contribution >= 0.6 is 0 Å². The quantitative estimate of drug-likeness (QED) is 0.706. The van der Waals surface area contributed by atoms with E-state index in [9.17, 15) is 9.90 Å².